The van der Waals surface area contributed by atoms with Crippen LogP contribution in [0.15, 0.2) is 34.1 Å². The van der Waals surface area contributed by atoms with Gasteiger partial charge in [-0.15, -0.1) is 0 Å². The van der Waals surface area contributed by atoms with E-state index in [0.717, 1.165) is 0 Å². The summed E-state index contributed by atoms with van der Waals surface area (Å²) in [5.41, 5.74) is 9.45. The van der Waals surface area contributed by atoms with Gasteiger partial charge in [-0.3, -0.25) is 0 Å². The maximum atomic E-state index is 2.52. The average Bonchev–Trinajstić information content (AvgIpc) is 2.68. The van der Waals surface area contributed by atoms with Crippen molar-refractivity contribution in [2.45, 2.75) is 169 Å². The van der Waals surface area contributed by atoms with Crippen LogP contribution in [0, 0.1) is 0 Å². The molecule has 0 heterocycles. The molecular formula is C37H59BiS2. The quantitative estimate of drug-likeness (QED) is 0.172. The molecule has 224 valence electrons. The van der Waals surface area contributed by atoms with E-state index in [1.165, 1.54) is 67.9 Å². The molecule has 0 unspecified atom stereocenters. The van der Waals surface area contributed by atoms with Gasteiger partial charge in [0.05, 0.1) is 0 Å². The molecule has 0 fully saturated rings. The summed E-state index contributed by atoms with van der Waals surface area (Å²) < 4.78 is 0.477. The Morgan fingerprint density at radius 3 is 0.750 bits per heavy atom. The van der Waals surface area contributed by atoms with Crippen LogP contribution in [0.3, 0.4) is 0 Å². The predicted octanol–water partition coefficient (Wildman–Crippen LogP) is 11.8. The van der Waals surface area contributed by atoms with Crippen molar-refractivity contribution in [2.75, 3.05) is 0 Å². The molecule has 0 aliphatic heterocycles. The van der Waals surface area contributed by atoms with Crippen molar-refractivity contribution in [1.82, 2.24) is 0 Å². The van der Waals surface area contributed by atoms with Gasteiger partial charge in [0, 0.05) is 0 Å². The fraction of sp³-hybridized carbons (Fsp3) is 0.676. The summed E-state index contributed by atoms with van der Waals surface area (Å²) in [5.74, 6) is 0. The standard InChI is InChI=1S/C37H59S2.Bi/c1-32(2,3)24-19-26(34(7,8)9)30(27(20-24)35(10,11)12)38-23-39-31-28(36(13,14)15)21-25(33(4,5)6)22-29(31)37(16,17)18;/h19-23H,1-18H3;. The Morgan fingerprint density at radius 2 is 0.600 bits per heavy atom. The van der Waals surface area contributed by atoms with Crippen molar-refractivity contribution in [1.29, 1.82) is 0 Å². The molecule has 0 bridgehead atoms. The summed E-state index contributed by atoms with van der Waals surface area (Å²) in [6.45, 7) is 42.7. The van der Waals surface area contributed by atoms with Crippen LogP contribution in [0.25, 0.3) is 0 Å². The molecule has 0 saturated heterocycles. The third kappa shape index (κ3) is 9.02. The summed E-state index contributed by atoms with van der Waals surface area (Å²) in [5, 5.41) is 0. The van der Waals surface area contributed by atoms with E-state index in [0.29, 0.717) is 2.29 Å². The van der Waals surface area contributed by atoms with Crippen LogP contribution in [-0.4, -0.2) is 27.0 Å². The average molecular weight is 777 g/mol. The Balaban J connectivity index is 2.80. The van der Waals surface area contributed by atoms with Crippen LogP contribution in [0.1, 0.15) is 158 Å². The van der Waals surface area contributed by atoms with Gasteiger partial charge in [-0.2, -0.15) is 0 Å². The van der Waals surface area contributed by atoms with Crippen LogP contribution in [-0.2, 0) is 32.5 Å². The van der Waals surface area contributed by atoms with Crippen molar-refractivity contribution < 1.29 is 0 Å². The van der Waals surface area contributed by atoms with Crippen LogP contribution in [0.2, 0.25) is 0 Å². The minimum atomic E-state index is 0.0773. The molecule has 0 amide bonds. The summed E-state index contributed by atoms with van der Waals surface area (Å²) >= 11 is 5.62. The summed E-state index contributed by atoms with van der Waals surface area (Å²) in [7, 11) is 0. The van der Waals surface area contributed by atoms with E-state index < -0.39 is 0 Å². The van der Waals surface area contributed by atoms with Gasteiger partial charge in [-0.05, 0) is 0 Å². The molecule has 0 aliphatic rings. The first kappa shape index (κ1) is 36.2. The second-order valence-corrected chi connectivity index (χ2v) is 25.2. The zero-order valence-electron chi connectivity index (χ0n) is 29.2. The first-order valence-corrected chi connectivity index (χ1v) is 18.7. The maximum absolute atomic E-state index is 2.52. The van der Waals surface area contributed by atoms with Crippen LogP contribution < -0.4 is 0 Å². The molecule has 2 aromatic rings. The summed E-state index contributed by atoms with van der Waals surface area (Å²) in [6.07, 6.45) is 0. The van der Waals surface area contributed by atoms with Crippen molar-refractivity contribution in [3.63, 3.8) is 0 Å². The first-order valence-electron chi connectivity index (χ1n) is 14.9. The molecule has 0 saturated carbocycles. The van der Waals surface area contributed by atoms with Crippen LogP contribution in [0.5, 0.6) is 0 Å². The molecule has 2 rings (SSSR count). The fourth-order valence-electron chi connectivity index (χ4n) is 4.83. The Hall–Kier alpha value is 0.0231. The van der Waals surface area contributed by atoms with Gasteiger partial charge in [0.25, 0.3) is 0 Å². The minimum absolute atomic E-state index is 0.0773. The van der Waals surface area contributed by atoms with Gasteiger partial charge in [0.2, 0.25) is 0 Å². The topological polar surface area (TPSA) is 0 Å². The second-order valence-electron chi connectivity index (χ2n) is 17.8. The number of benzene rings is 2. The van der Waals surface area contributed by atoms with E-state index in [1.807, 2.05) is 0 Å². The molecular weight excluding hydrogens is 718 g/mol. The van der Waals surface area contributed by atoms with E-state index in [2.05, 4.69) is 172 Å². The number of rotatable bonds is 4. The Morgan fingerprint density at radius 1 is 0.400 bits per heavy atom. The van der Waals surface area contributed by atoms with Crippen molar-refractivity contribution >= 4 is 48.2 Å². The number of thioether (sulfide) groups is 2. The number of hydrogen-bond acceptors (Lipinski definition) is 2. The Labute approximate surface area is 273 Å². The van der Waals surface area contributed by atoms with Gasteiger partial charge in [-0.1, -0.05) is 0 Å². The summed E-state index contributed by atoms with van der Waals surface area (Å²) in [4.78, 5) is 3.02. The summed E-state index contributed by atoms with van der Waals surface area (Å²) in [6, 6.07) is 10.1. The molecule has 0 spiro atoms. The van der Waals surface area contributed by atoms with Crippen molar-refractivity contribution in [3.8, 4) is 0 Å². The van der Waals surface area contributed by atoms with Gasteiger partial charge in [0.1, 0.15) is 0 Å². The third-order valence-electron chi connectivity index (χ3n) is 7.58. The van der Waals surface area contributed by atoms with Gasteiger partial charge >= 0.3 is 275 Å². The van der Waals surface area contributed by atoms with Gasteiger partial charge in [-0.25, -0.2) is 0 Å². The molecule has 40 heavy (non-hydrogen) atoms. The zero-order valence-corrected chi connectivity index (χ0v) is 34.3. The van der Waals surface area contributed by atoms with Gasteiger partial charge in [0.15, 0.2) is 0 Å². The molecule has 0 aliphatic carbocycles. The van der Waals surface area contributed by atoms with Crippen LogP contribution >= 0.6 is 23.5 Å². The van der Waals surface area contributed by atoms with Crippen molar-refractivity contribution in [3.05, 3.63) is 57.6 Å². The first-order chi connectivity index (χ1) is 17.5. The molecule has 3 heteroatoms. The zero-order chi connectivity index (χ0) is 31.4. The molecule has 0 nitrogen and oxygen atoms in total. The van der Waals surface area contributed by atoms with E-state index in [1.54, 1.807) is 0 Å². The molecule has 0 atom stereocenters. The Bertz CT molecular complexity index is 1030. The normalized spacial score (nSPS) is 14.3. The van der Waals surface area contributed by atoms with Crippen LogP contribution in [0.4, 0.5) is 0 Å². The SMILES string of the molecule is CC(C)(C)c1cc(C(C)(C)C)c(S[CH]([Bi])Sc2c(C(C)(C)C)cc(C(C)(C)C)cc2C(C)(C)C)c(C(C)(C)C)c1. The third-order valence-corrected chi connectivity index (χ3v) is 12.4. The van der Waals surface area contributed by atoms with Crippen molar-refractivity contribution in [2.24, 2.45) is 0 Å². The molecule has 2 aromatic carbocycles. The monoisotopic (exact) mass is 776 g/mol. The second kappa shape index (κ2) is 11.8. The molecule has 0 N–H and O–H groups in total. The number of hydrogen-bond donors (Lipinski definition) is 0. The molecule has 2 radical (unpaired) electrons. The van der Waals surface area contributed by atoms with E-state index >= 15 is 0 Å². The molecule has 0 aromatic heterocycles. The fourth-order valence-corrected chi connectivity index (χ4v) is 10.4. The van der Waals surface area contributed by atoms with E-state index in [9.17, 15) is 0 Å². The van der Waals surface area contributed by atoms with E-state index in [4.69, 9.17) is 0 Å². The predicted molar refractivity (Wildman–Crippen MR) is 186 cm³/mol. The van der Waals surface area contributed by atoms with E-state index in [-0.39, 0.29) is 32.5 Å². The van der Waals surface area contributed by atoms with Gasteiger partial charge < -0.3 is 0 Å². The Kier molecular flexibility index (Phi) is 10.7.